The summed E-state index contributed by atoms with van der Waals surface area (Å²) in [7, 11) is 1.80. The van der Waals surface area contributed by atoms with Gasteiger partial charge in [0.1, 0.15) is 18.1 Å². The van der Waals surface area contributed by atoms with Crippen LogP contribution in [-0.4, -0.2) is 58.0 Å². The van der Waals surface area contributed by atoms with E-state index < -0.39 is 0 Å². The molecule has 0 unspecified atom stereocenters. The number of aryl methyl sites for hydroxylation is 1. The molecule has 2 saturated heterocycles. The molecular weight excluding hydrogens is 332 g/mol. The molecule has 1 atom stereocenters. The molecule has 2 aromatic heterocycles. The lowest BCUT2D eigenvalue weighted by molar-refractivity contribution is 0.0422. The van der Waals surface area contributed by atoms with Gasteiger partial charge >= 0.3 is 0 Å². The molecule has 2 aromatic rings. The van der Waals surface area contributed by atoms with E-state index >= 15 is 0 Å². The lowest BCUT2D eigenvalue weighted by Gasteiger charge is -2.38. The van der Waals surface area contributed by atoms with Gasteiger partial charge in [0.25, 0.3) is 5.91 Å². The number of aromatic nitrogens is 3. The first-order valence-electron chi connectivity index (χ1n) is 9.07. The van der Waals surface area contributed by atoms with Crippen LogP contribution in [0, 0.1) is 5.41 Å². The second kappa shape index (κ2) is 7.07. The van der Waals surface area contributed by atoms with Crippen molar-refractivity contribution in [1.29, 1.82) is 0 Å². The molecule has 0 aliphatic carbocycles. The molecule has 138 valence electrons. The Morgan fingerprint density at radius 2 is 2.19 bits per heavy atom. The Hall–Kier alpha value is -2.41. The number of piperidine rings is 1. The standard InChI is InChI=1S/C19H24N4O3/c1-22-17(4-8-21-22)18(24)23-9-5-19(6-10-23)11-16(26-14-19)13-25-15-3-2-7-20-12-15/h2-4,7-8,12,16H,5-6,9-11,13-14H2,1H3/t16-/m1/s1. The molecule has 2 aliphatic heterocycles. The minimum absolute atomic E-state index is 0.0650. The van der Waals surface area contributed by atoms with Crippen LogP contribution in [0.1, 0.15) is 29.8 Å². The van der Waals surface area contributed by atoms with Gasteiger partial charge in [-0.05, 0) is 42.9 Å². The van der Waals surface area contributed by atoms with Gasteiger partial charge in [0.15, 0.2) is 0 Å². The van der Waals surface area contributed by atoms with Gasteiger partial charge in [0.2, 0.25) is 0 Å². The van der Waals surface area contributed by atoms with Crippen molar-refractivity contribution < 1.29 is 14.3 Å². The Morgan fingerprint density at radius 3 is 2.88 bits per heavy atom. The molecule has 2 fully saturated rings. The number of amides is 1. The summed E-state index contributed by atoms with van der Waals surface area (Å²) in [6.45, 7) is 2.83. The number of hydrogen-bond donors (Lipinski definition) is 0. The molecule has 0 bridgehead atoms. The monoisotopic (exact) mass is 356 g/mol. The maximum atomic E-state index is 12.6. The molecule has 0 radical (unpaired) electrons. The zero-order chi connectivity index (χ0) is 18.0. The molecule has 26 heavy (non-hydrogen) atoms. The summed E-state index contributed by atoms with van der Waals surface area (Å²) in [6.07, 6.45) is 8.15. The molecule has 7 heteroatoms. The molecule has 4 rings (SSSR count). The molecule has 1 amide bonds. The van der Waals surface area contributed by atoms with Crippen molar-refractivity contribution in [1.82, 2.24) is 19.7 Å². The van der Waals surface area contributed by atoms with Crippen LogP contribution in [0.4, 0.5) is 0 Å². The average Bonchev–Trinajstić information content (AvgIpc) is 3.27. The van der Waals surface area contributed by atoms with Crippen molar-refractivity contribution in [2.45, 2.75) is 25.4 Å². The average molecular weight is 356 g/mol. The predicted octanol–water partition coefficient (Wildman–Crippen LogP) is 1.91. The van der Waals surface area contributed by atoms with E-state index in [1.54, 1.807) is 36.4 Å². The highest BCUT2D eigenvalue weighted by Gasteiger charge is 2.43. The number of nitrogens with zero attached hydrogens (tertiary/aromatic N) is 4. The Labute approximate surface area is 152 Å². The normalized spacial score (nSPS) is 21.9. The zero-order valence-electron chi connectivity index (χ0n) is 15.0. The second-order valence-electron chi connectivity index (χ2n) is 7.27. The Bertz CT molecular complexity index is 753. The summed E-state index contributed by atoms with van der Waals surface area (Å²) < 4.78 is 13.4. The SMILES string of the molecule is Cn1nccc1C(=O)N1CCC2(CC1)CO[C@@H](COc1cccnc1)C2. The van der Waals surface area contributed by atoms with E-state index in [1.165, 1.54) is 0 Å². The summed E-state index contributed by atoms with van der Waals surface area (Å²) in [6, 6.07) is 5.54. The smallest absolute Gasteiger partial charge is 0.272 e. The van der Waals surface area contributed by atoms with Crippen LogP contribution in [0.25, 0.3) is 0 Å². The minimum Gasteiger partial charge on any atom is -0.489 e. The predicted molar refractivity (Wildman–Crippen MR) is 94.9 cm³/mol. The third-order valence-electron chi connectivity index (χ3n) is 5.51. The van der Waals surface area contributed by atoms with Crippen LogP contribution in [0.2, 0.25) is 0 Å². The molecule has 7 nitrogen and oxygen atoms in total. The van der Waals surface area contributed by atoms with E-state index in [1.807, 2.05) is 17.0 Å². The Morgan fingerprint density at radius 1 is 1.35 bits per heavy atom. The number of carbonyl (C=O) groups is 1. The molecular formula is C19H24N4O3. The van der Waals surface area contributed by atoms with Crippen LogP contribution in [0.15, 0.2) is 36.8 Å². The van der Waals surface area contributed by atoms with Gasteiger partial charge in [-0.3, -0.25) is 14.5 Å². The molecule has 4 heterocycles. The van der Waals surface area contributed by atoms with Crippen molar-refractivity contribution in [3.8, 4) is 5.75 Å². The van der Waals surface area contributed by atoms with E-state index in [9.17, 15) is 4.79 Å². The van der Waals surface area contributed by atoms with Crippen LogP contribution >= 0.6 is 0 Å². The summed E-state index contributed by atoms with van der Waals surface area (Å²) in [5.74, 6) is 0.837. The van der Waals surface area contributed by atoms with Gasteiger partial charge in [-0.15, -0.1) is 0 Å². The van der Waals surface area contributed by atoms with E-state index in [-0.39, 0.29) is 17.4 Å². The van der Waals surface area contributed by atoms with Gasteiger partial charge in [-0.25, -0.2) is 0 Å². The van der Waals surface area contributed by atoms with E-state index in [0.29, 0.717) is 12.3 Å². The largest absolute Gasteiger partial charge is 0.489 e. The lowest BCUT2D eigenvalue weighted by Crippen LogP contribution is -2.44. The molecule has 1 spiro atoms. The second-order valence-corrected chi connectivity index (χ2v) is 7.27. The highest BCUT2D eigenvalue weighted by atomic mass is 16.5. The maximum Gasteiger partial charge on any atom is 0.272 e. The Balaban J connectivity index is 1.29. The number of carbonyl (C=O) groups excluding carboxylic acids is 1. The first-order chi connectivity index (χ1) is 12.7. The molecule has 0 saturated carbocycles. The summed E-state index contributed by atoms with van der Waals surface area (Å²) in [5.41, 5.74) is 0.818. The zero-order valence-corrected chi connectivity index (χ0v) is 15.0. The first-order valence-corrected chi connectivity index (χ1v) is 9.07. The van der Waals surface area contributed by atoms with Crippen LogP contribution in [0.5, 0.6) is 5.75 Å². The number of rotatable bonds is 4. The molecule has 2 aliphatic rings. The number of ether oxygens (including phenoxy) is 2. The van der Waals surface area contributed by atoms with E-state index in [4.69, 9.17) is 9.47 Å². The van der Waals surface area contributed by atoms with Gasteiger partial charge in [-0.1, -0.05) is 0 Å². The van der Waals surface area contributed by atoms with Crippen LogP contribution < -0.4 is 4.74 Å². The van der Waals surface area contributed by atoms with Crippen molar-refractivity contribution in [3.63, 3.8) is 0 Å². The third kappa shape index (κ3) is 3.44. The summed E-state index contributed by atoms with van der Waals surface area (Å²) in [5, 5.41) is 4.09. The van der Waals surface area contributed by atoms with Gasteiger partial charge in [-0.2, -0.15) is 5.10 Å². The first kappa shape index (κ1) is 17.0. The highest BCUT2D eigenvalue weighted by molar-refractivity contribution is 5.92. The van der Waals surface area contributed by atoms with Crippen LogP contribution in [0.3, 0.4) is 0 Å². The minimum atomic E-state index is 0.0650. The van der Waals surface area contributed by atoms with Gasteiger partial charge in [0, 0.05) is 32.5 Å². The number of hydrogen-bond acceptors (Lipinski definition) is 5. The topological polar surface area (TPSA) is 69.5 Å². The van der Waals surface area contributed by atoms with Gasteiger partial charge in [0.05, 0.1) is 18.9 Å². The fourth-order valence-electron chi connectivity index (χ4n) is 3.90. The van der Waals surface area contributed by atoms with Crippen LogP contribution in [-0.2, 0) is 11.8 Å². The van der Waals surface area contributed by atoms with Crippen molar-refractivity contribution in [2.75, 3.05) is 26.3 Å². The van der Waals surface area contributed by atoms with Crippen molar-refractivity contribution >= 4 is 5.91 Å². The fraction of sp³-hybridized carbons (Fsp3) is 0.526. The summed E-state index contributed by atoms with van der Waals surface area (Å²) in [4.78, 5) is 18.6. The highest BCUT2D eigenvalue weighted by Crippen LogP contribution is 2.42. The Kier molecular flexibility index (Phi) is 4.63. The fourth-order valence-corrected chi connectivity index (χ4v) is 3.90. The summed E-state index contributed by atoms with van der Waals surface area (Å²) >= 11 is 0. The number of pyridine rings is 1. The van der Waals surface area contributed by atoms with Crippen molar-refractivity contribution in [2.24, 2.45) is 12.5 Å². The number of likely N-dealkylation sites (tertiary alicyclic amines) is 1. The maximum absolute atomic E-state index is 12.6. The quantitative estimate of drug-likeness (QED) is 0.837. The molecule has 0 aromatic carbocycles. The van der Waals surface area contributed by atoms with E-state index in [2.05, 4.69) is 10.1 Å². The van der Waals surface area contributed by atoms with E-state index in [0.717, 1.165) is 44.7 Å². The third-order valence-corrected chi connectivity index (χ3v) is 5.51. The lowest BCUT2D eigenvalue weighted by atomic mass is 9.76. The molecule has 0 N–H and O–H groups in total. The van der Waals surface area contributed by atoms with Gasteiger partial charge < -0.3 is 14.4 Å². The van der Waals surface area contributed by atoms with Crippen molar-refractivity contribution in [3.05, 3.63) is 42.5 Å².